The van der Waals surface area contributed by atoms with Gasteiger partial charge in [0.2, 0.25) is 0 Å². The van der Waals surface area contributed by atoms with Crippen LogP contribution < -0.4 is 4.74 Å². The molecular weight excluding hydrogens is 296 g/mol. The molecule has 1 aliphatic rings. The second kappa shape index (κ2) is 7.82. The number of hydrogen-bond acceptors (Lipinski definition) is 3. The van der Waals surface area contributed by atoms with Crippen LogP contribution in [0.15, 0.2) is 48.5 Å². The van der Waals surface area contributed by atoms with E-state index in [1.165, 1.54) is 11.1 Å². The van der Waals surface area contributed by atoms with Gasteiger partial charge in [0.15, 0.2) is 0 Å². The molecule has 3 nitrogen and oxygen atoms in total. The molecule has 0 aromatic heterocycles. The van der Waals surface area contributed by atoms with Crippen molar-refractivity contribution in [1.29, 1.82) is 0 Å². The van der Waals surface area contributed by atoms with Crippen LogP contribution in [-0.4, -0.2) is 51.1 Å². The van der Waals surface area contributed by atoms with Gasteiger partial charge < -0.3 is 14.5 Å². The molecule has 0 aliphatic carbocycles. The fourth-order valence-electron chi connectivity index (χ4n) is 2.81. The Hall–Kier alpha value is -1.84. The van der Waals surface area contributed by atoms with Crippen LogP contribution in [0.1, 0.15) is 25.0 Å². The van der Waals surface area contributed by atoms with Gasteiger partial charge in [-0.25, -0.2) is 0 Å². The fraction of sp³-hybridized carbons (Fsp3) is 0.429. The molecular formula is C21H30N2O. The maximum absolute atomic E-state index is 5.91. The van der Waals surface area contributed by atoms with E-state index in [-0.39, 0.29) is 5.41 Å². The van der Waals surface area contributed by atoms with Crippen molar-refractivity contribution in [2.24, 2.45) is 0 Å². The van der Waals surface area contributed by atoms with Crippen molar-refractivity contribution in [3.63, 3.8) is 0 Å². The molecule has 0 amide bonds. The van der Waals surface area contributed by atoms with E-state index in [1.54, 1.807) is 0 Å². The molecule has 1 aliphatic heterocycles. The summed E-state index contributed by atoms with van der Waals surface area (Å²) >= 11 is 0. The number of para-hydroxylation sites is 2. The summed E-state index contributed by atoms with van der Waals surface area (Å²) in [5.41, 5.74) is 2.54. The molecule has 0 fully saturated rings. The van der Waals surface area contributed by atoms with Gasteiger partial charge in [-0.3, -0.25) is 0 Å². The van der Waals surface area contributed by atoms with Gasteiger partial charge in [0.05, 0.1) is 0 Å². The van der Waals surface area contributed by atoms with Crippen LogP contribution in [0.2, 0.25) is 0 Å². The van der Waals surface area contributed by atoms with E-state index in [0.717, 1.165) is 24.6 Å². The maximum Gasteiger partial charge on any atom is 0.131 e. The molecule has 2 aromatic carbocycles. The second-order valence-corrected chi connectivity index (χ2v) is 7.33. The highest BCUT2D eigenvalue weighted by molar-refractivity contribution is 5.56. The average molecular weight is 326 g/mol. The lowest BCUT2D eigenvalue weighted by Gasteiger charge is -2.34. The minimum atomic E-state index is 0.0193. The molecule has 0 spiro atoms. The van der Waals surface area contributed by atoms with Gasteiger partial charge >= 0.3 is 0 Å². The van der Waals surface area contributed by atoms with Crippen LogP contribution >= 0.6 is 0 Å². The molecule has 3 rings (SSSR count). The summed E-state index contributed by atoms with van der Waals surface area (Å²) in [6.07, 6.45) is 0. The normalized spacial score (nSPS) is 14.3. The average Bonchev–Trinajstić information content (AvgIpc) is 2.54. The van der Waals surface area contributed by atoms with Gasteiger partial charge in [0, 0.05) is 29.6 Å². The van der Waals surface area contributed by atoms with Crippen LogP contribution in [0.5, 0.6) is 11.5 Å². The van der Waals surface area contributed by atoms with Crippen LogP contribution in [0, 0.1) is 0 Å². The molecule has 0 saturated heterocycles. The third kappa shape index (κ3) is 4.37. The molecule has 1 heterocycles. The monoisotopic (exact) mass is 326 g/mol. The standard InChI is InChI=1S/C15H14O.C6H16N2/c1-15(2)11-7-3-5-9-13(11)16-14-10-6-4-8-12(14)15;1-7(2)5-6-8(3)4/h3-10H,1-2H3;5-6H2,1-4H3. The Kier molecular flexibility index (Phi) is 6.03. The lowest BCUT2D eigenvalue weighted by Crippen LogP contribution is -2.25. The first-order valence-corrected chi connectivity index (χ1v) is 8.48. The summed E-state index contributed by atoms with van der Waals surface area (Å²) in [5, 5.41) is 0. The van der Waals surface area contributed by atoms with E-state index in [1.807, 2.05) is 24.3 Å². The van der Waals surface area contributed by atoms with Gasteiger partial charge in [0.25, 0.3) is 0 Å². The molecule has 3 heteroatoms. The first-order valence-electron chi connectivity index (χ1n) is 8.48. The summed E-state index contributed by atoms with van der Waals surface area (Å²) < 4.78 is 5.91. The molecule has 130 valence electrons. The van der Waals surface area contributed by atoms with E-state index < -0.39 is 0 Å². The Labute approximate surface area is 146 Å². The molecule has 0 radical (unpaired) electrons. The predicted octanol–water partition coefficient (Wildman–Crippen LogP) is 4.23. The zero-order valence-electron chi connectivity index (χ0n) is 15.8. The number of hydrogen-bond donors (Lipinski definition) is 0. The van der Waals surface area contributed by atoms with E-state index in [0.29, 0.717) is 0 Å². The number of fused-ring (bicyclic) bond motifs is 2. The number of ether oxygens (including phenoxy) is 1. The molecule has 0 saturated carbocycles. The quantitative estimate of drug-likeness (QED) is 0.839. The topological polar surface area (TPSA) is 15.7 Å². The molecule has 0 unspecified atom stereocenters. The number of nitrogens with zero attached hydrogens (tertiary/aromatic N) is 2. The van der Waals surface area contributed by atoms with Gasteiger partial charge in [-0.2, -0.15) is 0 Å². The van der Waals surface area contributed by atoms with Crippen LogP contribution in [0.25, 0.3) is 0 Å². The zero-order valence-corrected chi connectivity index (χ0v) is 15.8. The SMILES string of the molecule is CC1(C)c2ccccc2Oc2ccccc21.CN(C)CCN(C)C. The minimum absolute atomic E-state index is 0.0193. The zero-order chi connectivity index (χ0) is 17.7. The number of likely N-dealkylation sites (N-methyl/N-ethyl adjacent to an activating group) is 2. The molecule has 0 bridgehead atoms. The Morgan fingerprint density at radius 2 is 1.08 bits per heavy atom. The summed E-state index contributed by atoms with van der Waals surface area (Å²) in [7, 11) is 8.35. The van der Waals surface area contributed by atoms with Crippen molar-refractivity contribution in [3.8, 4) is 11.5 Å². The Morgan fingerprint density at radius 3 is 1.46 bits per heavy atom. The Balaban J connectivity index is 0.000000224. The second-order valence-electron chi connectivity index (χ2n) is 7.33. The highest BCUT2D eigenvalue weighted by atomic mass is 16.5. The molecule has 0 atom stereocenters. The summed E-state index contributed by atoms with van der Waals surface area (Å²) in [4.78, 5) is 4.36. The first-order chi connectivity index (χ1) is 11.3. The molecule has 2 aromatic rings. The highest BCUT2D eigenvalue weighted by Crippen LogP contribution is 2.47. The number of benzene rings is 2. The summed E-state index contributed by atoms with van der Waals surface area (Å²) in [6, 6.07) is 16.5. The van der Waals surface area contributed by atoms with Crippen molar-refractivity contribution in [2.45, 2.75) is 19.3 Å². The maximum atomic E-state index is 5.91. The summed E-state index contributed by atoms with van der Waals surface area (Å²) in [6.45, 7) is 6.78. The largest absolute Gasteiger partial charge is 0.457 e. The Morgan fingerprint density at radius 1 is 0.708 bits per heavy atom. The van der Waals surface area contributed by atoms with E-state index in [4.69, 9.17) is 4.74 Å². The van der Waals surface area contributed by atoms with Gasteiger partial charge in [-0.05, 0) is 40.3 Å². The lowest BCUT2D eigenvalue weighted by atomic mass is 9.76. The highest BCUT2D eigenvalue weighted by Gasteiger charge is 2.33. The van der Waals surface area contributed by atoms with Crippen molar-refractivity contribution in [3.05, 3.63) is 59.7 Å². The third-order valence-electron chi connectivity index (χ3n) is 4.34. The van der Waals surface area contributed by atoms with Crippen molar-refractivity contribution < 1.29 is 4.74 Å². The van der Waals surface area contributed by atoms with Gasteiger partial charge in [-0.15, -0.1) is 0 Å². The van der Waals surface area contributed by atoms with Crippen LogP contribution in [0.4, 0.5) is 0 Å². The third-order valence-corrected chi connectivity index (χ3v) is 4.34. The fourth-order valence-corrected chi connectivity index (χ4v) is 2.81. The number of rotatable bonds is 3. The van der Waals surface area contributed by atoms with E-state index >= 15 is 0 Å². The van der Waals surface area contributed by atoms with E-state index in [2.05, 4.69) is 76.1 Å². The van der Waals surface area contributed by atoms with Gasteiger partial charge in [0.1, 0.15) is 11.5 Å². The summed E-state index contributed by atoms with van der Waals surface area (Å²) in [5.74, 6) is 1.96. The first kappa shape index (κ1) is 18.5. The lowest BCUT2D eigenvalue weighted by molar-refractivity contribution is 0.320. The minimum Gasteiger partial charge on any atom is -0.457 e. The van der Waals surface area contributed by atoms with E-state index in [9.17, 15) is 0 Å². The smallest absolute Gasteiger partial charge is 0.131 e. The molecule has 0 N–H and O–H groups in total. The van der Waals surface area contributed by atoms with Crippen LogP contribution in [-0.2, 0) is 5.41 Å². The van der Waals surface area contributed by atoms with Gasteiger partial charge in [-0.1, -0.05) is 50.2 Å². The predicted molar refractivity (Wildman–Crippen MR) is 102 cm³/mol. The van der Waals surface area contributed by atoms with Crippen molar-refractivity contribution >= 4 is 0 Å². The Bertz CT molecular complexity index is 607. The van der Waals surface area contributed by atoms with Crippen LogP contribution in [0.3, 0.4) is 0 Å². The molecule has 24 heavy (non-hydrogen) atoms. The van der Waals surface area contributed by atoms with Crippen molar-refractivity contribution in [1.82, 2.24) is 9.80 Å². The van der Waals surface area contributed by atoms with Crippen molar-refractivity contribution in [2.75, 3.05) is 41.3 Å².